The molecule has 0 radical (unpaired) electrons. The van der Waals surface area contributed by atoms with Gasteiger partial charge in [0.1, 0.15) is 0 Å². The quantitative estimate of drug-likeness (QED) is 0.785. The minimum absolute atomic E-state index is 0.694. The molecular formula is C13H27N3. The highest BCUT2D eigenvalue weighted by molar-refractivity contribution is 4.84. The van der Waals surface area contributed by atoms with Crippen molar-refractivity contribution in [1.29, 1.82) is 0 Å². The maximum absolute atomic E-state index is 5.64. The Labute approximate surface area is 100.0 Å². The van der Waals surface area contributed by atoms with Crippen LogP contribution in [-0.2, 0) is 0 Å². The lowest BCUT2D eigenvalue weighted by Crippen LogP contribution is -2.55. The summed E-state index contributed by atoms with van der Waals surface area (Å²) in [6, 6.07) is 1.58. The molecule has 1 unspecified atom stereocenters. The van der Waals surface area contributed by atoms with Gasteiger partial charge in [-0.05, 0) is 19.8 Å². The number of hydrogen-bond donors (Lipinski definition) is 1. The van der Waals surface area contributed by atoms with E-state index < -0.39 is 0 Å². The Balaban J connectivity index is 1.81. The highest BCUT2D eigenvalue weighted by Gasteiger charge is 2.28. The lowest BCUT2D eigenvalue weighted by molar-refractivity contribution is 0.0451. The van der Waals surface area contributed by atoms with E-state index in [2.05, 4.69) is 16.7 Å². The van der Waals surface area contributed by atoms with Crippen molar-refractivity contribution in [2.75, 3.05) is 32.7 Å². The Morgan fingerprint density at radius 1 is 1.12 bits per heavy atom. The van der Waals surface area contributed by atoms with Crippen molar-refractivity contribution in [3.63, 3.8) is 0 Å². The van der Waals surface area contributed by atoms with Crippen LogP contribution in [0.4, 0.5) is 0 Å². The van der Waals surface area contributed by atoms with Crippen LogP contribution in [0.2, 0.25) is 0 Å². The van der Waals surface area contributed by atoms with Gasteiger partial charge < -0.3 is 5.73 Å². The summed E-state index contributed by atoms with van der Waals surface area (Å²) in [4.78, 5) is 5.27. The molecule has 1 heterocycles. The van der Waals surface area contributed by atoms with Gasteiger partial charge in [-0.1, -0.05) is 19.3 Å². The summed E-state index contributed by atoms with van der Waals surface area (Å²) in [7, 11) is 0. The van der Waals surface area contributed by atoms with Gasteiger partial charge in [-0.2, -0.15) is 0 Å². The van der Waals surface area contributed by atoms with Crippen LogP contribution in [0.25, 0.3) is 0 Å². The summed E-state index contributed by atoms with van der Waals surface area (Å²) in [6.45, 7) is 7.95. The second-order valence-electron chi connectivity index (χ2n) is 5.46. The smallest absolute Gasteiger partial charge is 0.0196 e. The van der Waals surface area contributed by atoms with E-state index in [1.807, 2.05) is 0 Å². The van der Waals surface area contributed by atoms with Gasteiger partial charge in [-0.15, -0.1) is 0 Å². The summed E-state index contributed by atoms with van der Waals surface area (Å²) in [5, 5.41) is 0. The van der Waals surface area contributed by atoms with Gasteiger partial charge in [0.25, 0.3) is 0 Å². The molecule has 3 nitrogen and oxygen atoms in total. The Bertz CT molecular complexity index is 201. The zero-order valence-corrected chi connectivity index (χ0v) is 10.7. The summed E-state index contributed by atoms with van der Waals surface area (Å²) in [5.41, 5.74) is 5.64. The van der Waals surface area contributed by atoms with Crippen LogP contribution in [-0.4, -0.2) is 54.6 Å². The topological polar surface area (TPSA) is 32.5 Å². The molecule has 1 atom stereocenters. The largest absolute Gasteiger partial charge is 0.329 e. The second kappa shape index (κ2) is 5.99. The molecular weight excluding hydrogens is 198 g/mol. The number of rotatable bonds is 3. The number of nitrogens with zero attached hydrogens (tertiary/aromatic N) is 2. The Kier molecular flexibility index (Phi) is 4.62. The lowest BCUT2D eigenvalue weighted by Gasteiger charge is -2.44. The minimum Gasteiger partial charge on any atom is -0.329 e. The van der Waals surface area contributed by atoms with Crippen LogP contribution < -0.4 is 5.73 Å². The first-order chi connectivity index (χ1) is 7.81. The Morgan fingerprint density at radius 2 is 1.88 bits per heavy atom. The molecule has 3 heteroatoms. The predicted molar refractivity (Wildman–Crippen MR) is 68.5 cm³/mol. The fourth-order valence-corrected chi connectivity index (χ4v) is 3.30. The lowest BCUT2D eigenvalue weighted by atomic mass is 9.93. The van der Waals surface area contributed by atoms with Gasteiger partial charge in [0.2, 0.25) is 0 Å². The molecule has 2 fully saturated rings. The molecule has 0 aromatic rings. The van der Waals surface area contributed by atoms with Crippen molar-refractivity contribution in [2.24, 2.45) is 5.73 Å². The zero-order chi connectivity index (χ0) is 11.4. The summed E-state index contributed by atoms with van der Waals surface area (Å²) < 4.78 is 0. The van der Waals surface area contributed by atoms with Gasteiger partial charge in [-0.25, -0.2) is 0 Å². The third-order valence-corrected chi connectivity index (χ3v) is 4.30. The molecule has 0 aromatic carbocycles. The molecule has 1 saturated heterocycles. The maximum atomic E-state index is 5.64. The molecule has 0 aromatic heterocycles. The van der Waals surface area contributed by atoms with Crippen LogP contribution >= 0.6 is 0 Å². The molecule has 1 aliphatic heterocycles. The van der Waals surface area contributed by atoms with Crippen molar-refractivity contribution in [3.8, 4) is 0 Å². The molecule has 1 saturated carbocycles. The van der Waals surface area contributed by atoms with Crippen molar-refractivity contribution in [1.82, 2.24) is 9.80 Å². The first-order valence-electron chi connectivity index (χ1n) is 6.99. The van der Waals surface area contributed by atoms with E-state index in [-0.39, 0.29) is 0 Å². The van der Waals surface area contributed by atoms with E-state index in [4.69, 9.17) is 5.73 Å². The first kappa shape index (κ1) is 12.3. The fourth-order valence-electron chi connectivity index (χ4n) is 3.30. The maximum Gasteiger partial charge on any atom is 0.0196 e. The molecule has 2 aliphatic rings. The zero-order valence-electron chi connectivity index (χ0n) is 10.7. The molecule has 16 heavy (non-hydrogen) atoms. The van der Waals surface area contributed by atoms with E-state index in [0.29, 0.717) is 6.04 Å². The van der Waals surface area contributed by atoms with Crippen LogP contribution in [0.5, 0.6) is 0 Å². The van der Waals surface area contributed by atoms with E-state index in [1.165, 1.54) is 51.7 Å². The average Bonchev–Trinajstić information content (AvgIpc) is 2.33. The van der Waals surface area contributed by atoms with E-state index >= 15 is 0 Å². The standard InChI is InChI=1S/C13H27N3/c1-12-11-16(10-9-15(12)8-7-14)13-5-3-2-4-6-13/h12-13H,2-11,14H2,1H3. The summed E-state index contributed by atoms with van der Waals surface area (Å²) in [5.74, 6) is 0. The van der Waals surface area contributed by atoms with Crippen LogP contribution in [0.1, 0.15) is 39.0 Å². The van der Waals surface area contributed by atoms with Crippen LogP contribution in [0.3, 0.4) is 0 Å². The van der Waals surface area contributed by atoms with Crippen molar-refractivity contribution in [2.45, 2.75) is 51.1 Å². The van der Waals surface area contributed by atoms with Gasteiger partial charge in [-0.3, -0.25) is 9.80 Å². The SMILES string of the molecule is CC1CN(C2CCCCC2)CCN1CCN. The number of piperazine rings is 1. The fraction of sp³-hybridized carbons (Fsp3) is 1.00. The van der Waals surface area contributed by atoms with Gasteiger partial charge in [0, 0.05) is 44.8 Å². The summed E-state index contributed by atoms with van der Waals surface area (Å²) in [6.07, 6.45) is 7.22. The average molecular weight is 225 g/mol. The highest BCUT2D eigenvalue weighted by atomic mass is 15.3. The molecule has 94 valence electrons. The molecule has 2 rings (SSSR count). The summed E-state index contributed by atoms with van der Waals surface area (Å²) >= 11 is 0. The van der Waals surface area contributed by atoms with Crippen LogP contribution in [0.15, 0.2) is 0 Å². The van der Waals surface area contributed by atoms with Crippen molar-refractivity contribution in [3.05, 3.63) is 0 Å². The molecule has 1 aliphatic carbocycles. The minimum atomic E-state index is 0.694. The van der Waals surface area contributed by atoms with E-state index in [1.54, 1.807) is 0 Å². The third kappa shape index (κ3) is 2.96. The van der Waals surface area contributed by atoms with Gasteiger partial charge >= 0.3 is 0 Å². The highest BCUT2D eigenvalue weighted by Crippen LogP contribution is 2.24. The van der Waals surface area contributed by atoms with Gasteiger partial charge in [0.15, 0.2) is 0 Å². The monoisotopic (exact) mass is 225 g/mol. The number of hydrogen-bond acceptors (Lipinski definition) is 3. The Hall–Kier alpha value is -0.120. The van der Waals surface area contributed by atoms with E-state index in [0.717, 1.165) is 19.1 Å². The second-order valence-corrected chi connectivity index (χ2v) is 5.46. The molecule has 2 N–H and O–H groups in total. The number of nitrogens with two attached hydrogens (primary N) is 1. The first-order valence-corrected chi connectivity index (χ1v) is 6.99. The Morgan fingerprint density at radius 3 is 2.50 bits per heavy atom. The molecule has 0 bridgehead atoms. The molecule has 0 amide bonds. The van der Waals surface area contributed by atoms with E-state index in [9.17, 15) is 0 Å². The van der Waals surface area contributed by atoms with Crippen LogP contribution in [0, 0.1) is 0 Å². The van der Waals surface area contributed by atoms with Crippen molar-refractivity contribution < 1.29 is 0 Å². The predicted octanol–water partition coefficient (Wildman–Crippen LogP) is 1.28. The third-order valence-electron chi connectivity index (χ3n) is 4.30. The van der Waals surface area contributed by atoms with Crippen molar-refractivity contribution >= 4 is 0 Å². The molecule has 0 spiro atoms. The van der Waals surface area contributed by atoms with Gasteiger partial charge in [0.05, 0.1) is 0 Å². The normalized spacial score (nSPS) is 30.8.